The summed E-state index contributed by atoms with van der Waals surface area (Å²) in [7, 11) is -3.94. The summed E-state index contributed by atoms with van der Waals surface area (Å²) in [6.45, 7) is 1.82. The maximum atomic E-state index is 12.6. The van der Waals surface area contributed by atoms with Gasteiger partial charge in [-0.05, 0) is 48.9 Å². The summed E-state index contributed by atoms with van der Waals surface area (Å²) >= 11 is 5.79. The lowest BCUT2D eigenvalue weighted by Crippen LogP contribution is -2.44. The lowest BCUT2D eigenvalue weighted by atomic mass is 10.2. The molecule has 0 aliphatic carbocycles. The number of hydrogen-bond donors (Lipinski definition) is 1. The Morgan fingerprint density at radius 3 is 2.43 bits per heavy atom. The van der Waals surface area contributed by atoms with Gasteiger partial charge in [0.15, 0.2) is 0 Å². The van der Waals surface area contributed by atoms with Crippen molar-refractivity contribution in [1.29, 1.82) is 0 Å². The minimum Gasteiger partial charge on any atom is -0.305 e. The molecular formula is C14H11ClN2O3S. The molecule has 21 heavy (non-hydrogen) atoms. The van der Waals surface area contributed by atoms with Gasteiger partial charge in [-0.3, -0.25) is 0 Å². The quantitative estimate of drug-likeness (QED) is 0.875. The smallest absolute Gasteiger partial charge is 0.305 e. The molecule has 7 heteroatoms. The van der Waals surface area contributed by atoms with E-state index in [1.54, 1.807) is 12.1 Å². The predicted molar refractivity (Wildman–Crippen MR) is 81.3 cm³/mol. The summed E-state index contributed by atoms with van der Waals surface area (Å²) in [5.74, 6) is 0. The van der Waals surface area contributed by atoms with Crippen LogP contribution in [0.25, 0.3) is 0 Å². The monoisotopic (exact) mass is 322 g/mol. The summed E-state index contributed by atoms with van der Waals surface area (Å²) in [5, 5.41) is 3.06. The van der Waals surface area contributed by atoms with Gasteiger partial charge in [0.25, 0.3) is 10.0 Å². The van der Waals surface area contributed by atoms with E-state index in [0.29, 0.717) is 10.7 Å². The molecule has 3 rings (SSSR count). The molecule has 0 unspecified atom stereocenters. The molecule has 0 spiro atoms. The molecule has 1 N–H and O–H groups in total. The Bertz CT molecular complexity index is 832. The molecule has 0 fully saturated rings. The Labute approximate surface area is 127 Å². The number of hydrogen-bond acceptors (Lipinski definition) is 3. The van der Waals surface area contributed by atoms with Gasteiger partial charge in [0.2, 0.25) is 0 Å². The maximum Gasteiger partial charge on any atom is 0.340 e. The van der Waals surface area contributed by atoms with Gasteiger partial charge in [-0.15, -0.1) is 0 Å². The number of amides is 2. The third-order valence-corrected chi connectivity index (χ3v) is 5.16. The normalized spacial score (nSPS) is 16.3. The van der Waals surface area contributed by atoms with Crippen molar-refractivity contribution in [3.63, 3.8) is 0 Å². The number of aryl methyl sites for hydroxylation is 1. The molecule has 0 radical (unpaired) electrons. The first-order valence-corrected chi connectivity index (χ1v) is 7.94. The fourth-order valence-corrected chi connectivity index (χ4v) is 3.79. The van der Waals surface area contributed by atoms with Gasteiger partial charge in [-0.1, -0.05) is 17.7 Å². The molecule has 0 bridgehead atoms. The van der Waals surface area contributed by atoms with Crippen LogP contribution in [0.5, 0.6) is 0 Å². The van der Waals surface area contributed by atoms with Crippen LogP contribution in [0.2, 0.25) is 5.02 Å². The lowest BCUT2D eigenvalue weighted by molar-refractivity contribution is 0.259. The van der Waals surface area contributed by atoms with Gasteiger partial charge >= 0.3 is 6.03 Å². The number of rotatable bonds is 1. The van der Waals surface area contributed by atoms with Crippen LogP contribution >= 0.6 is 11.6 Å². The van der Waals surface area contributed by atoms with E-state index in [1.807, 2.05) is 6.92 Å². The van der Waals surface area contributed by atoms with Crippen molar-refractivity contribution in [1.82, 2.24) is 0 Å². The molecule has 0 aromatic heterocycles. The van der Waals surface area contributed by atoms with Crippen molar-refractivity contribution in [2.75, 3.05) is 9.62 Å². The number of benzene rings is 2. The lowest BCUT2D eigenvalue weighted by Gasteiger charge is -2.28. The van der Waals surface area contributed by atoms with Gasteiger partial charge in [0, 0.05) is 5.02 Å². The van der Waals surface area contributed by atoms with Crippen molar-refractivity contribution in [2.24, 2.45) is 0 Å². The minimum atomic E-state index is -3.94. The Morgan fingerprint density at radius 1 is 1.10 bits per heavy atom. The van der Waals surface area contributed by atoms with Gasteiger partial charge in [0.1, 0.15) is 4.90 Å². The summed E-state index contributed by atoms with van der Waals surface area (Å²) in [4.78, 5) is 12.2. The molecule has 2 aromatic carbocycles. The SMILES string of the molecule is Cc1ccc2c(c1)NC(=O)N(c1ccc(Cl)cc1)S2(=O)=O. The van der Waals surface area contributed by atoms with Gasteiger partial charge in [-0.2, -0.15) is 4.31 Å². The second-order valence-electron chi connectivity index (χ2n) is 4.68. The zero-order valence-electron chi connectivity index (χ0n) is 11.0. The van der Waals surface area contributed by atoms with Crippen molar-refractivity contribution in [3.05, 3.63) is 53.1 Å². The summed E-state index contributed by atoms with van der Waals surface area (Å²) < 4.78 is 26.0. The fraction of sp³-hybridized carbons (Fsp3) is 0.0714. The van der Waals surface area contributed by atoms with E-state index >= 15 is 0 Å². The highest BCUT2D eigenvalue weighted by Crippen LogP contribution is 2.34. The number of anilines is 2. The fourth-order valence-electron chi connectivity index (χ4n) is 2.17. The van der Waals surface area contributed by atoms with Crippen molar-refractivity contribution in [3.8, 4) is 0 Å². The third-order valence-electron chi connectivity index (χ3n) is 3.14. The first-order valence-electron chi connectivity index (χ1n) is 6.12. The highest BCUT2D eigenvalue weighted by atomic mass is 35.5. The van der Waals surface area contributed by atoms with Crippen LogP contribution in [0.3, 0.4) is 0 Å². The number of carbonyl (C=O) groups is 1. The molecular weight excluding hydrogens is 312 g/mol. The maximum absolute atomic E-state index is 12.6. The minimum absolute atomic E-state index is 0.0719. The number of carbonyl (C=O) groups excluding carboxylic acids is 1. The second kappa shape index (κ2) is 4.75. The Hall–Kier alpha value is -2.05. The average molecular weight is 323 g/mol. The van der Waals surface area contributed by atoms with E-state index in [-0.39, 0.29) is 10.6 Å². The molecule has 0 saturated carbocycles. The number of nitrogens with one attached hydrogen (secondary N) is 1. The van der Waals surface area contributed by atoms with E-state index in [0.717, 1.165) is 9.87 Å². The van der Waals surface area contributed by atoms with E-state index in [4.69, 9.17) is 11.6 Å². The van der Waals surface area contributed by atoms with Gasteiger partial charge in [0.05, 0.1) is 11.4 Å². The summed E-state index contributed by atoms with van der Waals surface area (Å²) in [6, 6.07) is 10.1. The van der Waals surface area contributed by atoms with Crippen LogP contribution in [-0.2, 0) is 10.0 Å². The van der Waals surface area contributed by atoms with Crippen LogP contribution in [0, 0.1) is 6.92 Å². The van der Waals surface area contributed by atoms with E-state index < -0.39 is 16.1 Å². The number of urea groups is 1. The topological polar surface area (TPSA) is 66.5 Å². The zero-order valence-corrected chi connectivity index (χ0v) is 12.6. The van der Waals surface area contributed by atoms with E-state index in [2.05, 4.69) is 5.32 Å². The highest BCUT2D eigenvalue weighted by Gasteiger charge is 2.37. The average Bonchev–Trinajstić information content (AvgIpc) is 2.39. The van der Waals surface area contributed by atoms with Gasteiger partial charge in [-0.25, -0.2) is 13.2 Å². The molecule has 1 heterocycles. The van der Waals surface area contributed by atoms with Crippen molar-refractivity contribution >= 4 is 39.0 Å². The van der Waals surface area contributed by atoms with Crippen molar-refractivity contribution in [2.45, 2.75) is 11.8 Å². The van der Waals surface area contributed by atoms with Gasteiger partial charge < -0.3 is 5.32 Å². The molecule has 1 aliphatic rings. The van der Waals surface area contributed by atoms with E-state index in [1.165, 1.54) is 30.3 Å². The molecule has 0 atom stereocenters. The number of fused-ring (bicyclic) bond motifs is 1. The highest BCUT2D eigenvalue weighted by molar-refractivity contribution is 7.94. The van der Waals surface area contributed by atoms with Crippen LogP contribution in [0.1, 0.15) is 5.56 Å². The second-order valence-corrected chi connectivity index (χ2v) is 6.87. The largest absolute Gasteiger partial charge is 0.340 e. The molecule has 5 nitrogen and oxygen atoms in total. The summed E-state index contributed by atoms with van der Waals surface area (Å²) in [5.41, 5.74) is 1.40. The number of nitrogens with zero attached hydrogens (tertiary/aromatic N) is 1. The molecule has 1 aliphatic heterocycles. The number of halogens is 1. The van der Waals surface area contributed by atoms with Crippen LogP contribution in [0.4, 0.5) is 16.2 Å². The van der Waals surface area contributed by atoms with Crippen LogP contribution in [-0.4, -0.2) is 14.4 Å². The number of sulfonamides is 1. The standard InChI is InChI=1S/C14H11ClN2O3S/c1-9-2-7-13-12(8-9)16-14(18)17(21(13,19)20)11-5-3-10(15)4-6-11/h2-8H,1H3,(H,16,18). The predicted octanol–water partition coefficient (Wildman–Crippen LogP) is 3.39. The molecule has 108 valence electrons. The molecule has 2 aromatic rings. The Morgan fingerprint density at radius 2 is 1.76 bits per heavy atom. The first-order chi connectivity index (χ1) is 9.89. The van der Waals surface area contributed by atoms with Crippen LogP contribution < -0.4 is 9.62 Å². The Balaban J connectivity index is 2.18. The van der Waals surface area contributed by atoms with E-state index in [9.17, 15) is 13.2 Å². The third kappa shape index (κ3) is 2.26. The summed E-state index contributed by atoms with van der Waals surface area (Å²) in [6.07, 6.45) is 0. The van der Waals surface area contributed by atoms with Crippen molar-refractivity contribution < 1.29 is 13.2 Å². The molecule has 0 saturated heterocycles. The zero-order chi connectivity index (χ0) is 15.2. The first kappa shape index (κ1) is 13.9. The Kier molecular flexibility index (Phi) is 3.15. The van der Waals surface area contributed by atoms with Crippen LogP contribution in [0.15, 0.2) is 47.4 Å². The molecule has 2 amide bonds.